The van der Waals surface area contributed by atoms with Crippen LogP contribution in [0.25, 0.3) is 11.4 Å². The van der Waals surface area contributed by atoms with Gasteiger partial charge in [-0.25, -0.2) is 14.5 Å². The lowest BCUT2D eigenvalue weighted by atomic mass is 10.0. The van der Waals surface area contributed by atoms with Crippen molar-refractivity contribution in [2.75, 3.05) is 26.2 Å². The normalized spacial score (nSPS) is 22.3. The van der Waals surface area contributed by atoms with Crippen molar-refractivity contribution in [3.8, 4) is 11.4 Å². The predicted molar refractivity (Wildman–Crippen MR) is 88.9 cm³/mol. The molecule has 1 aromatic heterocycles. The Balaban J connectivity index is 1.56. The summed E-state index contributed by atoms with van der Waals surface area (Å²) < 4.78 is 1.65. The summed E-state index contributed by atoms with van der Waals surface area (Å²) in [4.78, 5) is 31.7. The smallest absolute Gasteiger partial charge is 0.407 e. The number of aromatic nitrogens is 3. The predicted octanol–water partition coefficient (Wildman–Crippen LogP) is 1.16. The lowest BCUT2D eigenvalue weighted by molar-refractivity contribution is 0.0775. The Hall–Kier alpha value is -2.90. The van der Waals surface area contributed by atoms with Crippen LogP contribution >= 0.6 is 0 Å². The number of carboxylic acid groups (broad SMARTS) is 1. The molecular formula is C17H19N5O3. The minimum atomic E-state index is -0.875. The molecule has 0 bridgehead atoms. The Morgan fingerprint density at radius 2 is 1.72 bits per heavy atom. The van der Waals surface area contributed by atoms with Gasteiger partial charge in [0, 0.05) is 50.6 Å². The highest BCUT2D eigenvalue weighted by Gasteiger charge is 2.43. The largest absolute Gasteiger partial charge is 0.465 e. The van der Waals surface area contributed by atoms with Crippen molar-refractivity contribution in [2.45, 2.75) is 0 Å². The van der Waals surface area contributed by atoms with E-state index in [-0.39, 0.29) is 17.7 Å². The molecule has 4 rings (SSSR count). The van der Waals surface area contributed by atoms with Crippen LogP contribution in [0.15, 0.2) is 30.6 Å². The number of rotatable bonds is 2. The Bertz CT molecular complexity index is 819. The van der Waals surface area contributed by atoms with E-state index in [1.807, 2.05) is 29.2 Å². The number of carbonyl (C=O) groups is 2. The number of likely N-dealkylation sites (tertiary alicyclic amines) is 2. The molecule has 0 aliphatic carbocycles. The third kappa shape index (κ3) is 2.63. The molecule has 0 radical (unpaired) electrons. The van der Waals surface area contributed by atoms with Crippen molar-refractivity contribution in [3.05, 3.63) is 36.2 Å². The third-order valence-corrected chi connectivity index (χ3v) is 5.15. The first-order chi connectivity index (χ1) is 12.0. The van der Waals surface area contributed by atoms with Crippen molar-refractivity contribution in [2.24, 2.45) is 18.9 Å². The molecule has 8 nitrogen and oxygen atoms in total. The van der Waals surface area contributed by atoms with E-state index < -0.39 is 6.09 Å². The van der Waals surface area contributed by atoms with Crippen LogP contribution in [-0.2, 0) is 7.05 Å². The molecule has 2 unspecified atom stereocenters. The van der Waals surface area contributed by atoms with E-state index in [1.54, 1.807) is 11.7 Å². The van der Waals surface area contributed by atoms with E-state index in [9.17, 15) is 9.59 Å². The molecule has 3 heterocycles. The standard InChI is InChI=1S/C17H19N5O3/c1-20-15(18-10-19-20)13-4-2-3-5-14(13)16(23)21-6-11-8-22(17(24)25)9-12(11)7-21/h2-5,10-12H,6-9H2,1H3,(H,24,25). The molecule has 2 fully saturated rings. The van der Waals surface area contributed by atoms with E-state index in [4.69, 9.17) is 5.11 Å². The van der Waals surface area contributed by atoms with Crippen LogP contribution in [0.2, 0.25) is 0 Å². The van der Waals surface area contributed by atoms with Gasteiger partial charge in [0.15, 0.2) is 5.82 Å². The summed E-state index contributed by atoms with van der Waals surface area (Å²) in [6, 6.07) is 7.41. The molecule has 2 aliphatic rings. The fourth-order valence-corrected chi connectivity index (χ4v) is 3.89. The molecule has 1 aromatic carbocycles. The van der Waals surface area contributed by atoms with E-state index in [2.05, 4.69) is 10.1 Å². The van der Waals surface area contributed by atoms with E-state index >= 15 is 0 Å². The molecule has 2 amide bonds. The number of carbonyl (C=O) groups excluding carboxylic acids is 1. The van der Waals surface area contributed by atoms with Gasteiger partial charge < -0.3 is 14.9 Å². The highest BCUT2D eigenvalue weighted by Crippen LogP contribution is 2.33. The van der Waals surface area contributed by atoms with Gasteiger partial charge in [-0.3, -0.25) is 4.79 Å². The van der Waals surface area contributed by atoms with E-state index in [0.717, 1.165) is 5.56 Å². The topological polar surface area (TPSA) is 91.6 Å². The Morgan fingerprint density at radius 3 is 2.32 bits per heavy atom. The summed E-state index contributed by atoms with van der Waals surface area (Å²) in [7, 11) is 1.80. The van der Waals surface area contributed by atoms with Gasteiger partial charge in [0.25, 0.3) is 5.91 Å². The average Bonchev–Trinajstić information content (AvgIpc) is 3.28. The van der Waals surface area contributed by atoms with Crippen LogP contribution in [0.5, 0.6) is 0 Å². The first-order valence-electron chi connectivity index (χ1n) is 8.25. The van der Waals surface area contributed by atoms with Gasteiger partial charge in [-0.05, 0) is 6.07 Å². The van der Waals surface area contributed by atoms with Gasteiger partial charge in [-0.1, -0.05) is 18.2 Å². The lowest BCUT2D eigenvalue weighted by Gasteiger charge is -2.21. The molecule has 0 spiro atoms. The summed E-state index contributed by atoms with van der Waals surface area (Å²) in [5.41, 5.74) is 1.37. The number of aryl methyl sites for hydroxylation is 1. The second-order valence-electron chi connectivity index (χ2n) is 6.67. The number of benzene rings is 1. The van der Waals surface area contributed by atoms with Crippen LogP contribution in [0.4, 0.5) is 4.79 Å². The van der Waals surface area contributed by atoms with Crippen molar-refractivity contribution >= 4 is 12.0 Å². The van der Waals surface area contributed by atoms with Gasteiger partial charge in [0.2, 0.25) is 0 Å². The SMILES string of the molecule is Cn1ncnc1-c1ccccc1C(=O)N1CC2CN(C(=O)O)CC2C1. The Labute approximate surface area is 144 Å². The third-order valence-electron chi connectivity index (χ3n) is 5.15. The molecule has 1 N–H and O–H groups in total. The number of nitrogens with zero attached hydrogens (tertiary/aromatic N) is 5. The maximum Gasteiger partial charge on any atom is 0.407 e. The molecule has 130 valence electrons. The molecular weight excluding hydrogens is 322 g/mol. The second kappa shape index (κ2) is 5.87. The maximum absolute atomic E-state index is 13.1. The monoisotopic (exact) mass is 341 g/mol. The Kier molecular flexibility index (Phi) is 3.67. The van der Waals surface area contributed by atoms with Crippen LogP contribution in [-0.4, -0.2) is 67.9 Å². The minimum absolute atomic E-state index is 0.0325. The fraction of sp³-hybridized carbons (Fsp3) is 0.412. The second-order valence-corrected chi connectivity index (χ2v) is 6.67. The van der Waals surface area contributed by atoms with Crippen molar-refractivity contribution < 1.29 is 14.7 Å². The van der Waals surface area contributed by atoms with Crippen LogP contribution in [0.1, 0.15) is 10.4 Å². The molecule has 2 atom stereocenters. The summed E-state index contributed by atoms with van der Waals surface area (Å²) in [6.45, 7) is 2.21. The maximum atomic E-state index is 13.1. The zero-order chi connectivity index (χ0) is 17.6. The van der Waals surface area contributed by atoms with Crippen LogP contribution in [0, 0.1) is 11.8 Å². The number of fused-ring (bicyclic) bond motifs is 1. The molecule has 2 aromatic rings. The molecule has 0 saturated carbocycles. The highest BCUT2D eigenvalue weighted by molar-refractivity contribution is 6.00. The summed E-state index contributed by atoms with van der Waals surface area (Å²) >= 11 is 0. The first kappa shape index (κ1) is 15.6. The number of amides is 2. The molecule has 2 aliphatic heterocycles. The van der Waals surface area contributed by atoms with Gasteiger partial charge in [0.1, 0.15) is 6.33 Å². The lowest BCUT2D eigenvalue weighted by Crippen LogP contribution is -2.35. The van der Waals surface area contributed by atoms with Crippen molar-refractivity contribution in [1.29, 1.82) is 0 Å². The van der Waals surface area contributed by atoms with Crippen LogP contribution < -0.4 is 0 Å². The van der Waals surface area contributed by atoms with E-state index in [1.165, 1.54) is 11.2 Å². The zero-order valence-electron chi connectivity index (χ0n) is 13.9. The van der Waals surface area contributed by atoms with Crippen molar-refractivity contribution in [3.63, 3.8) is 0 Å². The minimum Gasteiger partial charge on any atom is -0.465 e. The van der Waals surface area contributed by atoms with Gasteiger partial charge >= 0.3 is 6.09 Å². The van der Waals surface area contributed by atoms with E-state index in [0.29, 0.717) is 37.6 Å². The quantitative estimate of drug-likeness (QED) is 0.885. The van der Waals surface area contributed by atoms with Gasteiger partial charge in [0.05, 0.1) is 5.56 Å². The molecule has 8 heteroatoms. The van der Waals surface area contributed by atoms with Gasteiger partial charge in [-0.15, -0.1) is 0 Å². The van der Waals surface area contributed by atoms with Crippen molar-refractivity contribution in [1.82, 2.24) is 24.6 Å². The highest BCUT2D eigenvalue weighted by atomic mass is 16.4. The fourth-order valence-electron chi connectivity index (χ4n) is 3.89. The number of hydrogen-bond acceptors (Lipinski definition) is 4. The Morgan fingerprint density at radius 1 is 1.08 bits per heavy atom. The summed E-state index contributed by atoms with van der Waals surface area (Å²) in [6.07, 6.45) is 0.594. The van der Waals surface area contributed by atoms with Gasteiger partial charge in [-0.2, -0.15) is 5.10 Å². The summed E-state index contributed by atoms with van der Waals surface area (Å²) in [5, 5.41) is 13.2. The molecule has 25 heavy (non-hydrogen) atoms. The zero-order valence-corrected chi connectivity index (χ0v) is 13.9. The van der Waals surface area contributed by atoms with Crippen LogP contribution in [0.3, 0.4) is 0 Å². The first-order valence-corrected chi connectivity index (χ1v) is 8.25. The average molecular weight is 341 g/mol. The number of hydrogen-bond donors (Lipinski definition) is 1. The molecule has 2 saturated heterocycles. The summed E-state index contributed by atoms with van der Waals surface area (Å²) in [5.74, 6) is 1.07.